The monoisotopic (exact) mass is 312 g/mol. The second kappa shape index (κ2) is 7.31. The Kier molecular flexibility index (Phi) is 6.03. The van der Waals surface area contributed by atoms with Crippen molar-refractivity contribution in [1.29, 1.82) is 0 Å². The Hall–Kier alpha value is -1.75. The van der Waals surface area contributed by atoms with Crippen LogP contribution in [-0.2, 0) is 9.53 Å². The third-order valence-electron chi connectivity index (χ3n) is 2.39. The third kappa shape index (κ3) is 7.56. The van der Waals surface area contributed by atoms with Gasteiger partial charge in [-0.05, 0) is 52.0 Å². The molecule has 0 unspecified atom stereocenters. The van der Waals surface area contributed by atoms with Crippen LogP contribution in [0.3, 0.4) is 0 Å². The summed E-state index contributed by atoms with van der Waals surface area (Å²) >= 11 is 5.80. The number of anilines is 1. The molecule has 1 atom stereocenters. The number of carbonyl (C=O) groups is 2. The van der Waals surface area contributed by atoms with Crippen molar-refractivity contribution in [3.05, 3.63) is 29.3 Å². The molecule has 1 aromatic carbocycles. The molecule has 116 valence electrons. The lowest BCUT2D eigenvalue weighted by Gasteiger charge is -2.20. The molecular formula is C15H21ClN2O3. The Morgan fingerprint density at radius 2 is 1.81 bits per heavy atom. The number of ether oxygens (including phenoxy) is 1. The smallest absolute Gasteiger partial charge is 0.414 e. The highest BCUT2D eigenvalue weighted by Gasteiger charge is 2.19. The number of halogens is 1. The number of hydrogen-bond donors (Lipinski definition) is 2. The molecule has 0 spiro atoms. The van der Waals surface area contributed by atoms with Crippen LogP contribution < -0.4 is 10.6 Å². The van der Waals surface area contributed by atoms with Gasteiger partial charge in [0.2, 0.25) is 5.91 Å². The summed E-state index contributed by atoms with van der Waals surface area (Å²) < 4.78 is 5.02. The third-order valence-corrected chi connectivity index (χ3v) is 2.64. The SMILES string of the molecule is C[C@@H](CC(=O)NC(=O)OC(C)(C)C)Nc1ccc(Cl)cc1. The molecule has 0 aliphatic rings. The molecule has 21 heavy (non-hydrogen) atoms. The van der Waals surface area contributed by atoms with Gasteiger partial charge in [-0.2, -0.15) is 0 Å². The van der Waals surface area contributed by atoms with Crippen LogP contribution in [0.15, 0.2) is 24.3 Å². The molecule has 2 amide bonds. The minimum absolute atomic E-state index is 0.131. The first kappa shape index (κ1) is 17.3. The van der Waals surface area contributed by atoms with Gasteiger partial charge in [-0.1, -0.05) is 11.6 Å². The van der Waals surface area contributed by atoms with Gasteiger partial charge < -0.3 is 10.1 Å². The Morgan fingerprint density at radius 1 is 1.24 bits per heavy atom. The van der Waals surface area contributed by atoms with Crippen LogP contribution in [0.25, 0.3) is 0 Å². The quantitative estimate of drug-likeness (QED) is 0.891. The normalized spacial score (nSPS) is 12.4. The number of hydrogen-bond acceptors (Lipinski definition) is 4. The molecule has 1 aromatic rings. The van der Waals surface area contributed by atoms with Crippen LogP contribution in [0.4, 0.5) is 10.5 Å². The van der Waals surface area contributed by atoms with E-state index in [4.69, 9.17) is 16.3 Å². The molecule has 0 saturated carbocycles. The van der Waals surface area contributed by atoms with Crippen LogP contribution in [0.5, 0.6) is 0 Å². The van der Waals surface area contributed by atoms with E-state index in [0.29, 0.717) is 5.02 Å². The predicted molar refractivity (Wildman–Crippen MR) is 83.5 cm³/mol. The van der Waals surface area contributed by atoms with E-state index < -0.39 is 17.6 Å². The average Bonchev–Trinajstić information content (AvgIpc) is 2.28. The molecule has 5 nitrogen and oxygen atoms in total. The van der Waals surface area contributed by atoms with E-state index in [1.807, 2.05) is 19.1 Å². The van der Waals surface area contributed by atoms with Crippen molar-refractivity contribution < 1.29 is 14.3 Å². The zero-order valence-corrected chi connectivity index (χ0v) is 13.5. The Bertz CT molecular complexity index is 495. The lowest BCUT2D eigenvalue weighted by atomic mass is 10.2. The summed E-state index contributed by atoms with van der Waals surface area (Å²) in [5, 5.41) is 6.00. The summed E-state index contributed by atoms with van der Waals surface area (Å²) in [5.74, 6) is -0.391. The predicted octanol–water partition coefficient (Wildman–Crippen LogP) is 3.58. The number of alkyl carbamates (subject to hydrolysis) is 1. The minimum atomic E-state index is -0.730. The highest BCUT2D eigenvalue weighted by molar-refractivity contribution is 6.30. The molecule has 1 rings (SSSR count). The number of imide groups is 1. The molecule has 0 aliphatic carbocycles. The Labute approximate surface area is 130 Å². The number of nitrogens with one attached hydrogen (secondary N) is 2. The van der Waals surface area contributed by atoms with Gasteiger partial charge in [-0.3, -0.25) is 10.1 Å². The standard InChI is InChI=1S/C15H21ClN2O3/c1-10(17-12-7-5-11(16)6-8-12)9-13(19)18-14(20)21-15(2,3)4/h5-8,10,17H,9H2,1-4H3,(H,18,19,20)/t10-/m0/s1. The van der Waals surface area contributed by atoms with E-state index in [2.05, 4.69) is 10.6 Å². The summed E-state index contributed by atoms with van der Waals surface area (Å²) in [6.07, 6.45) is -0.576. The maximum absolute atomic E-state index is 11.7. The zero-order valence-electron chi connectivity index (χ0n) is 12.7. The van der Waals surface area contributed by atoms with Gasteiger partial charge in [0, 0.05) is 23.2 Å². The van der Waals surface area contributed by atoms with Crippen molar-refractivity contribution in [3.63, 3.8) is 0 Å². The van der Waals surface area contributed by atoms with Crippen molar-refractivity contribution in [2.24, 2.45) is 0 Å². The second-order valence-electron chi connectivity index (χ2n) is 5.81. The van der Waals surface area contributed by atoms with Crippen LogP contribution in [0.1, 0.15) is 34.1 Å². The number of benzene rings is 1. The lowest BCUT2D eigenvalue weighted by Crippen LogP contribution is -2.38. The maximum atomic E-state index is 11.7. The number of amides is 2. The summed E-state index contributed by atoms with van der Waals surface area (Å²) in [6, 6.07) is 7.04. The molecule has 0 bridgehead atoms. The minimum Gasteiger partial charge on any atom is -0.444 e. The number of carbonyl (C=O) groups excluding carboxylic acids is 2. The van der Waals surface area contributed by atoms with Crippen LogP contribution in [0, 0.1) is 0 Å². The molecule has 0 heterocycles. The average molecular weight is 313 g/mol. The van der Waals surface area contributed by atoms with E-state index in [0.717, 1.165) is 5.69 Å². The van der Waals surface area contributed by atoms with Crippen LogP contribution in [-0.4, -0.2) is 23.6 Å². The van der Waals surface area contributed by atoms with Gasteiger partial charge in [-0.15, -0.1) is 0 Å². The summed E-state index contributed by atoms with van der Waals surface area (Å²) in [7, 11) is 0. The van der Waals surface area contributed by atoms with Crippen molar-refractivity contribution >= 4 is 29.3 Å². The van der Waals surface area contributed by atoms with E-state index in [1.54, 1.807) is 32.9 Å². The lowest BCUT2D eigenvalue weighted by molar-refractivity contribution is -0.120. The van der Waals surface area contributed by atoms with Gasteiger partial charge in [0.1, 0.15) is 5.60 Å². The summed E-state index contributed by atoms with van der Waals surface area (Å²) in [5.41, 5.74) is 0.231. The highest BCUT2D eigenvalue weighted by Crippen LogP contribution is 2.15. The fraction of sp³-hybridized carbons (Fsp3) is 0.467. The van der Waals surface area contributed by atoms with E-state index in [-0.39, 0.29) is 12.5 Å². The Morgan fingerprint density at radius 3 is 2.33 bits per heavy atom. The molecule has 6 heteroatoms. The van der Waals surface area contributed by atoms with Crippen molar-refractivity contribution in [2.45, 2.75) is 45.8 Å². The van der Waals surface area contributed by atoms with E-state index in [9.17, 15) is 9.59 Å². The van der Waals surface area contributed by atoms with E-state index >= 15 is 0 Å². The fourth-order valence-electron chi connectivity index (χ4n) is 1.63. The molecule has 0 aliphatic heterocycles. The molecule has 0 aromatic heterocycles. The first-order valence-corrected chi connectivity index (χ1v) is 7.08. The number of rotatable bonds is 4. The largest absolute Gasteiger partial charge is 0.444 e. The molecule has 0 fully saturated rings. The van der Waals surface area contributed by atoms with Crippen molar-refractivity contribution in [3.8, 4) is 0 Å². The molecule has 0 saturated heterocycles. The van der Waals surface area contributed by atoms with Crippen molar-refractivity contribution in [2.75, 3.05) is 5.32 Å². The second-order valence-corrected chi connectivity index (χ2v) is 6.24. The van der Waals surface area contributed by atoms with Crippen molar-refractivity contribution in [1.82, 2.24) is 5.32 Å². The topological polar surface area (TPSA) is 67.4 Å². The Balaban J connectivity index is 2.40. The first-order chi connectivity index (χ1) is 9.65. The molecule has 2 N–H and O–H groups in total. The molecular weight excluding hydrogens is 292 g/mol. The van der Waals surface area contributed by atoms with Gasteiger partial charge in [0.05, 0.1) is 0 Å². The first-order valence-electron chi connectivity index (χ1n) is 6.70. The zero-order chi connectivity index (χ0) is 16.0. The summed E-state index contributed by atoms with van der Waals surface area (Å²) in [4.78, 5) is 23.2. The van der Waals surface area contributed by atoms with Gasteiger partial charge in [-0.25, -0.2) is 4.79 Å². The van der Waals surface area contributed by atoms with E-state index in [1.165, 1.54) is 0 Å². The van der Waals surface area contributed by atoms with Gasteiger partial charge in [0.15, 0.2) is 0 Å². The van der Waals surface area contributed by atoms with Gasteiger partial charge in [0.25, 0.3) is 0 Å². The summed E-state index contributed by atoms with van der Waals surface area (Å²) in [6.45, 7) is 7.06. The van der Waals surface area contributed by atoms with Crippen LogP contribution in [0.2, 0.25) is 5.02 Å². The van der Waals surface area contributed by atoms with Crippen LogP contribution >= 0.6 is 11.6 Å². The fourth-order valence-corrected chi connectivity index (χ4v) is 1.75. The van der Waals surface area contributed by atoms with Gasteiger partial charge >= 0.3 is 6.09 Å². The maximum Gasteiger partial charge on any atom is 0.414 e. The molecule has 0 radical (unpaired) electrons. The highest BCUT2D eigenvalue weighted by atomic mass is 35.5.